The molecule has 1 aromatic heterocycles. The topological polar surface area (TPSA) is 50.2 Å². The lowest BCUT2D eigenvalue weighted by atomic mass is 10.0. The number of carbonyl (C=O) groups is 1. The van der Waals surface area contributed by atoms with E-state index in [1.54, 1.807) is 0 Å². The molecular weight excluding hydrogens is 348 g/mol. The first kappa shape index (κ1) is 18.3. The number of imidazole rings is 1. The van der Waals surface area contributed by atoms with Crippen LogP contribution in [0.3, 0.4) is 0 Å². The number of para-hydroxylation sites is 2. The Balaban J connectivity index is 1.51. The number of nitrogens with zero attached hydrogens (tertiary/aromatic N) is 3. The zero-order valence-corrected chi connectivity index (χ0v) is 16.1. The Bertz CT molecular complexity index is 1030. The molecule has 5 nitrogen and oxygen atoms in total. The number of aromatic nitrogens is 2. The van der Waals surface area contributed by atoms with E-state index in [1.807, 2.05) is 49.5 Å². The fourth-order valence-corrected chi connectivity index (χ4v) is 3.93. The molecule has 1 N–H and O–H groups in total. The smallest absolute Gasteiger partial charge is 0.241 e. The van der Waals surface area contributed by atoms with Gasteiger partial charge < -0.3 is 9.88 Å². The van der Waals surface area contributed by atoms with E-state index in [-0.39, 0.29) is 11.9 Å². The molecule has 1 atom stereocenters. The normalized spacial score (nSPS) is 17.4. The number of amides is 1. The third-order valence-electron chi connectivity index (χ3n) is 5.41. The quantitative estimate of drug-likeness (QED) is 0.711. The minimum Gasteiger partial charge on any atom is -0.327 e. The van der Waals surface area contributed by atoms with Crippen LogP contribution in [0.25, 0.3) is 22.4 Å². The van der Waals surface area contributed by atoms with Crippen molar-refractivity contribution >= 4 is 22.6 Å². The Morgan fingerprint density at radius 1 is 1.21 bits per heavy atom. The average molecular weight is 372 g/mol. The monoisotopic (exact) mass is 372 g/mol. The highest BCUT2D eigenvalue weighted by Crippen LogP contribution is 2.25. The predicted octanol–water partition coefficient (Wildman–Crippen LogP) is 3.67. The summed E-state index contributed by atoms with van der Waals surface area (Å²) in [5.41, 5.74) is 3.88. The van der Waals surface area contributed by atoms with Gasteiger partial charge in [-0.05, 0) is 55.8 Å². The standard InChI is InChI=1S/C23H24N4O/c1-3-15-27-16-7-6-10-21(27)23(28)24-18-13-11-17(12-14-18)22-25-19-8-4-5-9-20(19)26(22)2/h1,4-5,8-9,11-14,21H,6-7,10,15-16H2,2H3,(H,24,28). The SMILES string of the molecule is C#CCN1CCCCC1C(=O)Nc1ccc(-c2nc3ccccc3n2C)cc1. The lowest BCUT2D eigenvalue weighted by Gasteiger charge is -2.33. The molecule has 1 saturated heterocycles. The molecule has 3 aromatic rings. The fourth-order valence-electron chi connectivity index (χ4n) is 3.93. The summed E-state index contributed by atoms with van der Waals surface area (Å²) in [6.07, 6.45) is 8.46. The van der Waals surface area contributed by atoms with Crippen LogP contribution in [0.4, 0.5) is 5.69 Å². The van der Waals surface area contributed by atoms with Crippen LogP contribution in [-0.2, 0) is 11.8 Å². The highest BCUT2D eigenvalue weighted by Gasteiger charge is 2.28. The highest BCUT2D eigenvalue weighted by atomic mass is 16.2. The zero-order chi connectivity index (χ0) is 19.5. The van der Waals surface area contributed by atoms with Crippen molar-refractivity contribution in [1.82, 2.24) is 14.5 Å². The Morgan fingerprint density at radius 2 is 2.00 bits per heavy atom. The van der Waals surface area contributed by atoms with E-state index in [4.69, 9.17) is 11.4 Å². The van der Waals surface area contributed by atoms with E-state index in [2.05, 4.69) is 26.8 Å². The van der Waals surface area contributed by atoms with Crippen molar-refractivity contribution in [2.45, 2.75) is 25.3 Å². The maximum absolute atomic E-state index is 12.7. The highest BCUT2D eigenvalue weighted by molar-refractivity contribution is 5.95. The van der Waals surface area contributed by atoms with Crippen LogP contribution in [0.15, 0.2) is 48.5 Å². The second-order valence-corrected chi connectivity index (χ2v) is 7.24. The number of benzene rings is 2. The summed E-state index contributed by atoms with van der Waals surface area (Å²) in [5, 5.41) is 3.04. The molecule has 4 rings (SSSR count). The predicted molar refractivity (Wildman–Crippen MR) is 113 cm³/mol. The molecule has 28 heavy (non-hydrogen) atoms. The van der Waals surface area contributed by atoms with Gasteiger partial charge in [0.2, 0.25) is 5.91 Å². The van der Waals surface area contributed by atoms with Gasteiger partial charge in [-0.25, -0.2) is 4.98 Å². The van der Waals surface area contributed by atoms with Crippen molar-refractivity contribution in [1.29, 1.82) is 0 Å². The second kappa shape index (κ2) is 7.87. The average Bonchev–Trinajstić information content (AvgIpc) is 3.06. The summed E-state index contributed by atoms with van der Waals surface area (Å²) in [4.78, 5) is 19.6. The van der Waals surface area contributed by atoms with Crippen molar-refractivity contribution in [2.24, 2.45) is 7.05 Å². The first-order valence-corrected chi connectivity index (χ1v) is 9.67. The molecule has 2 aromatic carbocycles. The summed E-state index contributed by atoms with van der Waals surface area (Å²) in [7, 11) is 2.02. The van der Waals surface area contributed by atoms with E-state index < -0.39 is 0 Å². The van der Waals surface area contributed by atoms with Crippen LogP contribution in [0, 0.1) is 12.3 Å². The molecule has 1 unspecified atom stereocenters. The second-order valence-electron chi connectivity index (χ2n) is 7.24. The molecule has 1 aliphatic heterocycles. The number of terminal acetylenes is 1. The third-order valence-corrected chi connectivity index (χ3v) is 5.41. The Labute approximate surface area is 165 Å². The molecular formula is C23H24N4O. The summed E-state index contributed by atoms with van der Waals surface area (Å²) < 4.78 is 2.09. The molecule has 0 aliphatic carbocycles. The molecule has 142 valence electrons. The number of carbonyl (C=O) groups excluding carboxylic acids is 1. The molecule has 5 heteroatoms. The van der Waals surface area contributed by atoms with Crippen molar-refractivity contribution in [3.63, 3.8) is 0 Å². The first-order chi connectivity index (χ1) is 13.7. The summed E-state index contributed by atoms with van der Waals surface area (Å²) in [6.45, 7) is 1.40. The van der Waals surface area contributed by atoms with Crippen molar-refractivity contribution in [3.8, 4) is 23.7 Å². The third kappa shape index (κ3) is 3.51. The van der Waals surface area contributed by atoms with Gasteiger partial charge in [-0.15, -0.1) is 6.42 Å². The van der Waals surface area contributed by atoms with Gasteiger partial charge in [0.15, 0.2) is 0 Å². The van der Waals surface area contributed by atoms with E-state index in [9.17, 15) is 4.79 Å². The van der Waals surface area contributed by atoms with Gasteiger partial charge in [-0.2, -0.15) is 0 Å². The number of piperidine rings is 1. The number of aryl methyl sites for hydroxylation is 1. The number of hydrogen-bond donors (Lipinski definition) is 1. The number of nitrogens with one attached hydrogen (secondary N) is 1. The van der Waals surface area contributed by atoms with Gasteiger partial charge in [-0.3, -0.25) is 9.69 Å². The molecule has 0 bridgehead atoms. The van der Waals surface area contributed by atoms with E-state index in [0.29, 0.717) is 6.54 Å². The Hall–Kier alpha value is -3.10. The number of rotatable bonds is 4. The zero-order valence-electron chi connectivity index (χ0n) is 16.1. The molecule has 2 heterocycles. The largest absolute Gasteiger partial charge is 0.327 e. The van der Waals surface area contributed by atoms with Gasteiger partial charge in [0.25, 0.3) is 0 Å². The fraction of sp³-hybridized carbons (Fsp3) is 0.304. The van der Waals surface area contributed by atoms with E-state index in [0.717, 1.165) is 53.9 Å². The van der Waals surface area contributed by atoms with Crippen molar-refractivity contribution < 1.29 is 4.79 Å². The van der Waals surface area contributed by atoms with Gasteiger partial charge in [0, 0.05) is 18.3 Å². The molecule has 0 spiro atoms. The van der Waals surface area contributed by atoms with E-state index in [1.165, 1.54) is 0 Å². The molecule has 0 radical (unpaired) electrons. The maximum Gasteiger partial charge on any atom is 0.241 e. The number of fused-ring (bicyclic) bond motifs is 1. The summed E-state index contributed by atoms with van der Waals surface area (Å²) >= 11 is 0. The summed E-state index contributed by atoms with van der Waals surface area (Å²) in [6, 6.07) is 15.8. The Morgan fingerprint density at radius 3 is 2.75 bits per heavy atom. The van der Waals surface area contributed by atoms with Crippen LogP contribution >= 0.6 is 0 Å². The minimum atomic E-state index is -0.149. The Kier molecular flexibility index (Phi) is 5.14. The van der Waals surface area contributed by atoms with Gasteiger partial charge in [0.1, 0.15) is 5.82 Å². The van der Waals surface area contributed by atoms with E-state index >= 15 is 0 Å². The van der Waals surface area contributed by atoms with Gasteiger partial charge in [-0.1, -0.05) is 24.5 Å². The molecule has 0 saturated carbocycles. The number of likely N-dealkylation sites (tertiary alicyclic amines) is 1. The number of hydrogen-bond acceptors (Lipinski definition) is 3. The van der Waals surface area contributed by atoms with Crippen molar-refractivity contribution in [3.05, 3.63) is 48.5 Å². The van der Waals surface area contributed by atoms with Crippen LogP contribution < -0.4 is 5.32 Å². The lowest BCUT2D eigenvalue weighted by Crippen LogP contribution is -2.47. The molecule has 1 aliphatic rings. The van der Waals surface area contributed by atoms with Crippen LogP contribution in [0.5, 0.6) is 0 Å². The molecule has 1 amide bonds. The number of anilines is 1. The van der Waals surface area contributed by atoms with Crippen LogP contribution in [-0.4, -0.2) is 39.5 Å². The van der Waals surface area contributed by atoms with Crippen LogP contribution in [0.1, 0.15) is 19.3 Å². The van der Waals surface area contributed by atoms with Crippen molar-refractivity contribution in [2.75, 3.05) is 18.4 Å². The summed E-state index contributed by atoms with van der Waals surface area (Å²) in [5.74, 6) is 3.59. The maximum atomic E-state index is 12.7. The van der Waals surface area contributed by atoms with Crippen LogP contribution in [0.2, 0.25) is 0 Å². The van der Waals surface area contributed by atoms with Gasteiger partial charge >= 0.3 is 0 Å². The lowest BCUT2D eigenvalue weighted by molar-refractivity contribution is -0.122. The first-order valence-electron chi connectivity index (χ1n) is 9.67. The molecule has 1 fully saturated rings. The van der Waals surface area contributed by atoms with Gasteiger partial charge in [0.05, 0.1) is 23.6 Å². The minimum absolute atomic E-state index is 0.0189.